The summed E-state index contributed by atoms with van der Waals surface area (Å²) >= 11 is 0. The highest BCUT2D eigenvalue weighted by molar-refractivity contribution is 7.89. The molecular formula is C12H23N5O2S. The van der Waals surface area contributed by atoms with Crippen LogP contribution in [-0.4, -0.2) is 49.0 Å². The molecule has 0 spiro atoms. The van der Waals surface area contributed by atoms with Gasteiger partial charge in [-0.3, -0.25) is 0 Å². The fourth-order valence-electron chi connectivity index (χ4n) is 2.57. The molecule has 0 bridgehead atoms. The maximum atomic E-state index is 12.2. The van der Waals surface area contributed by atoms with Crippen LogP contribution in [0.5, 0.6) is 0 Å². The Morgan fingerprint density at radius 3 is 2.60 bits per heavy atom. The van der Waals surface area contributed by atoms with Gasteiger partial charge in [0.1, 0.15) is 0 Å². The number of hydrogen-bond acceptors (Lipinski definition) is 5. The van der Waals surface area contributed by atoms with E-state index in [4.69, 9.17) is 5.73 Å². The summed E-state index contributed by atoms with van der Waals surface area (Å²) in [4.78, 5) is 6.19. The quantitative estimate of drug-likeness (QED) is 0.799. The number of likely N-dealkylation sites (tertiary alicyclic amines) is 1. The van der Waals surface area contributed by atoms with E-state index < -0.39 is 10.0 Å². The number of imidazole rings is 1. The number of anilines is 1. The highest BCUT2D eigenvalue weighted by Crippen LogP contribution is 2.19. The standard InChI is InChI=1S/C12H23N5O2S/c1-3-17-6-4-10(5-7-17)8-15-20(18,19)12-11(13)14-9-16(12)2/h9-10,15H,3-8,13H2,1-2H3. The maximum Gasteiger partial charge on any atom is 0.260 e. The van der Waals surface area contributed by atoms with E-state index in [1.54, 1.807) is 7.05 Å². The zero-order valence-corrected chi connectivity index (χ0v) is 12.9. The largest absolute Gasteiger partial charge is 0.381 e. The third-order valence-corrected chi connectivity index (χ3v) is 5.43. The number of nitrogens with two attached hydrogens (primary N) is 1. The van der Waals surface area contributed by atoms with E-state index in [2.05, 4.69) is 21.5 Å². The third-order valence-electron chi connectivity index (χ3n) is 3.88. The predicted molar refractivity (Wildman–Crippen MR) is 77.6 cm³/mol. The number of nitrogens with zero attached hydrogens (tertiary/aromatic N) is 3. The molecule has 0 aromatic carbocycles. The van der Waals surface area contributed by atoms with Crippen molar-refractivity contribution in [3.63, 3.8) is 0 Å². The molecule has 2 rings (SSSR count). The summed E-state index contributed by atoms with van der Waals surface area (Å²) in [6, 6.07) is 0. The van der Waals surface area contributed by atoms with Crippen molar-refractivity contribution >= 4 is 15.8 Å². The van der Waals surface area contributed by atoms with Crippen LogP contribution in [0.1, 0.15) is 19.8 Å². The lowest BCUT2D eigenvalue weighted by Crippen LogP contribution is -2.38. The van der Waals surface area contributed by atoms with Crippen molar-refractivity contribution in [2.45, 2.75) is 24.8 Å². The van der Waals surface area contributed by atoms with Crippen LogP contribution >= 0.6 is 0 Å². The molecule has 20 heavy (non-hydrogen) atoms. The van der Waals surface area contributed by atoms with E-state index in [-0.39, 0.29) is 10.8 Å². The van der Waals surface area contributed by atoms with Crippen molar-refractivity contribution in [1.29, 1.82) is 0 Å². The fraction of sp³-hybridized carbons (Fsp3) is 0.750. The molecule has 0 amide bonds. The van der Waals surface area contributed by atoms with Gasteiger partial charge in [0, 0.05) is 13.6 Å². The van der Waals surface area contributed by atoms with Crippen LogP contribution in [0.2, 0.25) is 0 Å². The van der Waals surface area contributed by atoms with E-state index in [0.717, 1.165) is 32.5 Å². The Hall–Kier alpha value is -1.12. The molecule has 1 saturated heterocycles. The van der Waals surface area contributed by atoms with Gasteiger partial charge < -0.3 is 15.2 Å². The molecule has 1 aromatic rings. The zero-order valence-electron chi connectivity index (χ0n) is 12.0. The molecule has 1 fully saturated rings. The molecule has 3 N–H and O–H groups in total. The smallest absolute Gasteiger partial charge is 0.260 e. The number of rotatable bonds is 5. The zero-order chi connectivity index (χ0) is 14.8. The molecule has 2 heterocycles. The molecule has 1 aliphatic rings. The normalized spacial score (nSPS) is 18.5. The Morgan fingerprint density at radius 1 is 1.45 bits per heavy atom. The van der Waals surface area contributed by atoms with Gasteiger partial charge in [0.2, 0.25) is 0 Å². The van der Waals surface area contributed by atoms with E-state index in [1.807, 2.05) is 0 Å². The lowest BCUT2D eigenvalue weighted by molar-refractivity contribution is 0.193. The van der Waals surface area contributed by atoms with Crippen LogP contribution in [0.4, 0.5) is 5.82 Å². The predicted octanol–water partition coefficient (Wildman–Crippen LogP) is 0.0125. The average molecular weight is 301 g/mol. The Morgan fingerprint density at radius 2 is 2.10 bits per heavy atom. The lowest BCUT2D eigenvalue weighted by atomic mass is 9.97. The van der Waals surface area contributed by atoms with E-state index in [9.17, 15) is 8.42 Å². The first kappa shape index (κ1) is 15.3. The van der Waals surface area contributed by atoms with Crippen LogP contribution in [0.3, 0.4) is 0 Å². The van der Waals surface area contributed by atoms with Crippen LogP contribution < -0.4 is 10.5 Å². The summed E-state index contributed by atoms with van der Waals surface area (Å²) in [5.74, 6) is 0.433. The molecule has 0 saturated carbocycles. The number of piperidine rings is 1. The van der Waals surface area contributed by atoms with Gasteiger partial charge in [0.15, 0.2) is 10.8 Å². The highest BCUT2D eigenvalue weighted by atomic mass is 32.2. The first-order chi connectivity index (χ1) is 9.44. The summed E-state index contributed by atoms with van der Waals surface area (Å²) in [7, 11) is -1.96. The number of nitrogens with one attached hydrogen (secondary N) is 1. The molecule has 7 nitrogen and oxygen atoms in total. The summed E-state index contributed by atoms with van der Waals surface area (Å²) in [6.45, 7) is 5.75. The van der Waals surface area contributed by atoms with Crippen molar-refractivity contribution in [2.75, 3.05) is 31.9 Å². The number of nitrogen functional groups attached to an aromatic ring is 1. The van der Waals surface area contributed by atoms with Crippen LogP contribution in [0.15, 0.2) is 11.4 Å². The van der Waals surface area contributed by atoms with Gasteiger partial charge in [-0.15, -0.1) is 0 Å². The second-order valence-electron chi connectivity index (χ2n) is 5.28. The molecule has 0 unspecified atom stereocenters. The summed E-state index contributed by atoms with van der Waals surface area (Å²) in [5, 5.41) is 0.0449. The Bertz CT molecular complexity index is 527. The van der Waals surface area contributed by atoms with Crippen LogP contribution in [0.25, 0.3) is 0 Å². The molecule has 1 aliphatic heterocycles. The fourth-order valence-corrected chi connectivity index (χ4v) is 3.91. The van der Waals surface area contributed by atoms with Gasteiger partial charge in [0.25, 0.3) is 10.0 Å². The summed E-state index contributed by atoms with van der Waals surface area (Å²) in [6.07, 6.45) is 3.46. The number of aromatic nitrogens is 2. The Balaban J connectivity index is 1.94. The average Bonchev–Trinajstić information content (AvgIpc) is 2.77. The Kier molecular flexibility index (Phi) is 4.66. The minimum Gasteiger partial charge on any atom is -0.381 e. The highest BCUT2D eigenvalue weighted by Gasteiger charge is 2.25. The van der Waals surface area contributed by atoms with Crippen molar-refractivity contribution < 1.29 is 8.42 Å². The minimum atomic E-state index is -3.58. The molecule has 0 radical (unpaired) electrons. The summed E-state index contributed by atoms with van der Waals surface area (Å²) < 4.78 is 28.6. The first-order valence-electron chi connectivity index (χ1n) is 6.93. The van der Waals surface area contributed by atoms with E-state index >= 15 is 0 Å². The van der Waals surface area contributed by atoms with E-state index in [0.29, 0.717) is 12.5 Å². The van der Waals surface area contributed by atoms with Gasteiger partial charge >= 0.3 is 0 Å². The summed E-state index contributed by atoms with van der Waals surface area (Å²) in [5.41, 5.74) is 5.61. The first-order valence-corrected chi connectivity index (χ1v) is 8.41. The van der Waals surface area contributed by atoms with Gasteiger partial charge in [-0.2, -0.15) is 0 Å². The molecule has 1 aromatic heterocycles. The number of sulfonamides is 1. The monoisotopic (exact) mass is 301 g/mol. The van der Waals surface area contributed by atoms with Crippen LogP contribution in [-0.2, 0) is 17.1 Å². The molecular weight excluding hydrogens is 278 g/mol. The van der Waals surface area contributed by atoms with Crippen molar-refractivity contribution in [3.05, 3.63) is 6.33 Å². The SMILES string of the molecule is CCN1CCC(CNS(=O)(=O)c2c(N)ncn2C)CC1. The molecule has 0 atom stereocenters. The topological polar surface area (TPSA) is 93.2 Å². The second-order valence-corrected chi connectivity index (χ2v) is 6.96. The Labute approximate surface area is 120 Å². The van der Waals surface area contributed by atoms with Crippen molar-refractivity contribution in [3.8, 4) is 0 Å². The maximum absolute atomic E-state index is 12.2. The van der Waals surface area contributed by atoms with Gasteiger partial charge in [-0.05, 0) is 38.4 Å². The molecule has 8 heteroatoms. The molecule has 114 valence electrons. The number of hydrogen-bond donors (Lipinski definition) is 2. The number of aryl methyl sites for hydroxylation is 1. The van der Waals surface area contributed by atoms with Gasteiger partial charge in [-0.1, -0.05) is 6.92 Å². The lowest BCUT2D eigenvalue weighted by Gasteiger charge is -2.30. The van der Waals surface area contributed by atoms with Gasteiger partial charge in [-0.25, -0.2) is 18.1 Å². The van der Waals surface area contributed by atoms with Crippen molar-refractivity contribution in [2.24, 2.45) is 13.0 Å². The molecule has 0 aliphatic carbocycles. The minimum absolute atomic E-state index is 0.0424. The third kappa shape index (κ3) is 3.31. The van der Waals surface area contributed by atoms with Crippen molar-refractivity contribution in [1.82, 2.24) is 19.2 Å². The second kappa shape index (κ2) is 6.11. The van der Waals surface area contributed by atoms with Gasteiger partial charge in [0.05, 0.1) is 6.33 Å². The van der Waals surface area contributed by atoms with E-state index in [1.165, 1.54) is 10.9 Å². The van der Waals surface area contributed by atoms with Crippen LogP contribution in [0, 0.1) is 5.92 Å².